The first-order chi connectivity index (χ1) is 11.7. The lowest BCUT2D eigenvalue weighted by Crippen LogP contribution is -2.46. The highest BCUT2D eigenvalue weighted by molar-refractivity contribution is 14.0. The summed E-state index contributed by atoms with van der Waals surface area (Å²) in [5, 5.41) is 12.8. The van der Waals surface area contributed by atoms with Crippen LogP contribution in [0, 0.1) is 6.92 Å². The van der Waals surface area contributed by atoms with Gasteiger partial charge in [-0.2, -0.15) is 4.98 Å². The van der Waals surface area contributed by atoms with Crippen LogP contribution >= 0.6 is 35.3 Å². The van der Waals surface area contributed by atoms with Crippen LogP contribution in [0.2, 0.25) is 0 Å². The second-order valence-electron chi connectivity index (χ2n) is 6.33. The van der Waals surface area contributed by atoms with Crippen molar-refractivity contribution in [3.05, 3.63) is 34.1 Å². The lowest BCUT2D eigenvalue weighted by Gasteiger charge is -2.37. The number of halogens is 1. The Morgan fingerprint density at radius 2 is 2.12 bits per heavy atom. The van der Waals surface area contributed by atoms with Crippen LogP contribution in [-0.4, -0.2) is 29.7 Å². The Kier molecular flexibility index (Phi) is 7.67. The molecular weight excluding hydrogens is 449 g/mol. The predicted octanol–water partition coefficient (Wildman–Crippen LogP) is 3.62. The molecule has 3 rings (SSSR count). The third-order valence-corrected chi connectivity index (χ3v) is 5.77. The van der Waals surface area contributed by atoms with Crippen LogP contribution in [0.1, 0.15) is 48.7 Å². The third-order valence-electron chi connectivity index (χ3n) is 4.66. The van der Waals surface area contributed by atoms with Crippen LogP contribution in [0.4, 0.5) is 0 Å². The van der Waals surface area contributed by atoms with Crippen molar-refractivity contribution in [1.82, 2.24) is 20.8 Å². The zero-order valence-corrected chi connectivity index (χ0v) is 17.9. The second-order valence-corrected chi connectivity index (χ2v) is 7.27. The molecule has 0 amide bonds. The lowest BCUT2D eigenvalue weighted by molar-refractivity contribution is 0.296. The topological polar surface area (TPSA) is 75.3 Å². The first-order valence-electron chi connectivity index (χ1n) is 8.49. The summed E-state index contributed by atoms with van der Waals surface area (Å²) < 4.78 is 4.99. The number of hydrogen-bond donors (Lipinski definition) is 2. The van der Waals surface area contributed by atoms with Gasteiger partial charge in [0.05, 0.1) is 6.54 Å². The van der Waals surface area contributed by atoms with Gasteiger partial charge in [-0.1, -0.05) is 30.5 Å². The van der Waals surface area contributed by atoms with Crippen LogP contribution in [0.3, 0.4) is 0 Å². The van der Waals surface area contributed by atoms with Gasteiger partial charge in [0, 0.05) is 30.8 Å². The predicted molar refractivity (Wildman–Crippen MR) is 112 cm³/mol. The molecule has 0 aromatic carbocycles. The van der Waals surface area contributed by atoms with Crippen LogP contribution in [0.5, 0.6) is 0 Å². The molecule has 0 unspecified atom stereocenters. The fourth-order valence-electron chi connectivity index (χ4n) is 3.37. The van der Waals surface area contributed by atoms with Gasteiger partial charge in [-0.05, 0) is 24.3 Å². The Hall–Kier alpha value is -1.16. The molecule has 1 aliphatic rings. The van der Waals surface area contributed by atoms with E-state index in [1.165, 1.54) is 37.0 Å². The second kappa shape index (κ2) is 9.51. The molecule has 8 heteroatoms. The summed E-state index contributed by atoms with van der Waals surface area (Å²) in [5.41, 5.74) is 0.229. The first kappa shape index (κ1) is 20.2. The molecule has 138 valence electrons. The summed E-state index contributed by atoms with van der Waals surface area (Å²) >= 11 is 1.87. The molecule has 25 heavy (non-hydrogen) atoms. The number of rotatable bonds is 5. The van der Waals surface area contributed by atoms with Crippen molar-refractivity contribution in [2.24, 2.45) is 4.99 Å². The van der Waals surface area contributed by atoms with Gasteiger partial charge >= 0.3 is 0 Å². The maximum absolute atomic E-state index is 4.99. The number of guanidine groups is 1. The van der Waals surface area contributed by atoms with Crippen LogP contribution in [0.25, 0.3) is 0 Å². The molecule has 0 atom stereocenters. The number of aliphatic imine (C=N–C) groups is 1. The van der Waals surface area contributed by atoms with Crippen LogP contribution in [-0.2, 0) is 12.0 Å². The standard InChI is InChI=1S/C17H25N5OS.HI/c1-13-21-15(22-23-13)11-19-16(18-2)20-12-17(8-4-3-5-9-17)14-7-6-10-24-14;/h6-7,10H,3-5,8-9,11-12H2,1-2H3,(H2,18,19,20);1H. The molecule has 6 nitrogen and oxygen atoms in total. The SMILES string of the molecule is CN=C(NCc1noc(C)n1)NCC1(c2cccs2)CCCCC1.I. The molecule has 0 saturated heterocycles. The fourth-order valence-corrected chi connectivity index (χ4v) is 4.36. The normalized spacial score (nSPS) is 17.0. The summed E-state index contributed by atoms with van der Waals surface area (Å²) in [5.74, 6) is 1.99. The Bertz CT molecular complexity index is 664. The average Bonchev–Trinajstić information content (AvgIpc) is 3.28. The van der Waals surface area contributed by atoms with E-state index in [1.807, 2.05) is 11.3 Å². The number of aromatic nitrogens is 2. The first-order valence-corrected chi connectivity index (χ1v) is 9.37. The van der Waals surface area contributed by atoms with Gasteiger partial charge in [-0.3, -0.25) is 4.99 Å². The molecule has 0 spiro atoms. The molecule has 2 aromatic rings. The monoisotopic (exact) mass is 475 g/mol. The van der Waals surface area contributed by atoms with Crippen molar-refractivity contribution in [1.29, 1.82) is 0 Å². The van der Waals surface area contributed by atoms with Crippen molar-refractivity contribution < 1.29 is 4.52 Å². The summed E-state index contributed by atoms with van der Waals surface area (Å²) in [4.78, 5) is 10.0. The quantitative estimate of drug-likeness (QED) is 0.393. The summed E-state index contributed by atoms with van der Waals surface area (Å²) in [6.45, 7) is 3.19. The minimum Gasteiger partial charge on any atom is -0.355 e. The molecular formula is C17H26IN5OS. The maximum Gasteiger partial charge on any atom is 0.223 e. The molecule has 1 saturated carbocycles. The van der Waals surface area contributed by atoms with E-state index in [2.05, 4.69) is 43.3 Å². The van der Waals surface area contributed by atoms with Gasteiger partial charge in [-0.25, -0.2) is 0 Å². The number of nitrogens with zero attached hydrogens (tertiary/aromatic N) is 3. The van der Waals surface area contributed by atoms with Crippen molar-refractivity contribution in [3.63, 3.8) is 0 Å². The Morgan fingerprint density at radius 1 is 1.32 bits per heavy atom. The molecule has 1 fully saturated rings. The van der Waals surface area contributed by atoms with E-state index >= 15 is 0 Å². The summed E-state index contributed by atoms with van der Waals surface area (Å²) in [6.07, 6.45) is 6.42. The van der Waals surface area contributed by atoms with E-state index in [9.17, 15) is 0 Å². The number of hydrogen-bond acceptors (Lipinski definition) is 5. The van der Waals surface area contributed by atoms with E-state index in [4.69, 9.17) is 4.52 Å². The highest BCUT2D eigenvalue weighted by Gasteiger charge is 2.34. The van der Waals surface area contributed by atoms with Crippen molar-refractivity contribution >= 4 is 41.3 Å². The number of aryl methyl sites for hydroxylation is 1. The van der Waals surface area contributed by atoms with Gasteiger partial charge < -0.3 is 15.2 Å². The van der Waals surface area contributed by atoms with Gasteiger partial charge in [-0.15, -0.1) is 35.3 Å². The van der Waals surface area contributed by atoms with E-state index in [0.29, 0.717) is 18.3 Å². The smallest absolute Gasteiger partial charge is 0.223 e. The molecule has 0 aliphatic heterocycles. The van der Waals surface area contributed by atoms with Crippen molar-refractivity contribution in [3.8, 4) is 0 Å². The van der Waals surface area contributed by atoms with E-state index < -0.39 is 0 Å². The number of nitrogens with one attached hydrogen (secondary N) is 2. The van der Waals surface area contributed by atoms with Gasteiger partial charge in [0.15, 0.2) is 11.8 Å². The minimum atomic E-state index is 0. The molecule has 1 aliphatic carbocycles. The van der Waals surface area contributed by atoms with Crippen molar-refractivity contribution in [2.75, 3.05) is 13.6 Å². The van der Waals surface area contributed by atoms with Crippen LogP contribution in [0.15, 0.2) is 27.0 Å². The van der Waals surface area contributed by atoms with E-state index in [1.54, 1.807) is 14.0 Å². The van der Waals surface area contributed by atoms with Gasteiger partial charge in [0.1, 0.15) is 0 Å². The fraction of sp³-hybridized carbons (Fsp3) is 0.588. The summed E-state index contributed by atoms with van der Waals surface area (Å²) in [6, 6.07) is 4.43. The lowest BCUT2D eigenvalue weighted by atomic mass is 9.73. The molecule has 0 radical (unpaired) electrons. The third kappa shape index (κ3) is 5.16. The molecule has 2 N–H and O–H groups in total. The highest BCUT2D eigenvalue weighted by atomic mass is 127. The zero-order chi connectivity index (χ0) is 16.8. The number of thiophene rings is 1. The minimum absolute atomic E-state index is 0. The molecule has 0 bridgehead atoms. The maximum atomic E-state index is 4.99. The van der Waals surface area contributed by atoms with Gasteiger partial charge in [0.25, 0.3) is 0 Å². The Labute approximate surface area is 169 Å². The Balaban J connectivity index is 0.00000225. The largest absolute Gasteiger partial charge is 0.355 e. The van der Waals surface area contributed by atoms with Gasteiger partial charge in [0.2, 0.25) is 5.89 Å². The summed E-state index contributed by atoms with van der Waals surface area (Å²) in [7, 11) is 1.79. The molecule has 2 aromatic heterocycles. The van der Waals surface area contributed by atoms with Crippen molar-refractivity contribution in [2.45, 2.75) is 51.0 Å². The van der Waals surface area contributed by atoms with E-state index in [-0.39, 0.29) is 29.4 Å². The Morgan fingerprint density at radius 3 is 2.72 bits per heavy atom. The van der Waals surface area contributed by atoms with E-state index in [0.717, 1.165) is 12.5 Å². The molecule has 2 heterocycles. The highest BCUT2D eigenvalue weighted by Crippen LogP contribution is 2.41. The zero-order valence-electron chi connectivity index (χ0n) is 14.7. The van der Waals surface area contributed by atoms with Crippen LogP contribution < -0.4 is 10.6 Å². The average molecular weight is 475 g/mol.